The standard InChI is InChI=1S/C22H30N4O2/c1-16-3-5-18(6-4-16)21-23-20(28-24-21)15-25-11-9-19(10-12-25)22(27)26-13-7-17(2)8-14-26/h3-6,17,19H,7-15H2,1-2H3. The van der Waals surface area contributed by atoms with Crippen molar-refractivity contribution in [3.63, 3.8) is 0 Å². The molecule has 2 saturated heterocycles. The molecule has 4 rings (SSSR count). The zero-order valence-electron chi connectivity index (χ0n) is 16.9. The van der Waals surface area contributed by atoms with Crippen molar-refractivity contribution in [2.45, 2.75) is 46.1 Å². The number of amides is 1. The first kappa shape index (κ1) is 19.1. The van der Waals surface area contributed by atoms with Gasteiger partial charge in [0.15, 0.2) is 0 Å². The van der Waals surface area contributed by atoms with Gasteiger partial charge in [0, 0.05) is 24.6 Å². The average Bonchev–Trinajstić information content (AvgIpc) is 3.18. The molecular formula is C22H30N4O2. The first-order valence-corrected chi connectivity index (χ1v) is 10.5. The minimum absolute atomic E-state index is 0.176. The quantitative estimate of drug-likeness (QED) is 0.810. The summed E-state index contributed by atoms with van der Waals surface area (Å²) in [5, 5.41) is 4.12. The molecule has 6 nitrogen and oxygen atoms in total. The highest BCUT2D eigenvalue weighted by Gasteiger charge is 2.30. The van der Waals surface area contributed by atoms with E-state index in [0.29, 0.717) is 24.2 Å². The first-order valence-electron chi connectivity index (χ1n) is 10.5. The number of piperidine rings is 2. The summed E-state index contributed by atoms with van der Waals surface area (Å²) in [5.74, 6) is 2.58. The van der Waals surface area contributed by atoms with Crippen molar-refractivity contribution < 1.29 is 9.32 Å². The third-order valence-corrected chi connectivity index (χ3v) is 6.17. The van der Waals surface area contributed by atoms with Gasteiger partial charge in [-0.25, -0.2) is 0 Å². The molecule has 1 aromatic carbocycles. The van der Waals surface area contributed by atoms with Gasteiger partial charge in [0.2, 0.25) is 17.6 Å². The monoisotopic (exact) mass is 382 g/mol. The topological polar surface area (TPSA) is 62.5 Å². The van der Waals surface area contributed by atoms with Crippen molar-refractivity contribution in [2.24, 2.45) is 11.8 Å². The van der Waals surface area contributed by atoms with E-state index in [0.717, 1.165) is 63.3 Å². The maximum Gasteiger partial charge on any atom is 0.241 e. The molecular weight excluding hydrogens is 352 g/mol. The van der Waals surface area contributed by atoms with Crippen LogP contribution in [0.1, 0.15) is 44.1 Å². The van der Waals surface area contributed by atoms with E-state index < -0.39 is 0 Å². The molecule has 0 spiro atoms. The van der Waals surface area contributed by atoms with E-state index in [2.05, 4.69) is 45.9 Å². The van der Waals surface area contributed by atoms with Crippen LogP contribution in [0.2, 0.25) is 0 Å². The van der Waals surface area contributed by atoms with Gasteiger partial charge in [-0.15, -0.1) is 0 Å². The summed E-state index contributed by atoms with van der Waals surface area (Å²) >= 11 is 0. The second-order valence-electron chi connectivity index (χ2n) is 8.44. The smallest absolute Gasteiger partial charge is 0.241 e. The number of benzene rings is 1. The van der Waals surface area contributed by atoms with E-state index in [4.69, 9.17) is 4.52 Å². The maximum atomic E-state index is 12.8. The molecule has 0 bridgehead atoms. The molecule has 2 fully saturated rings. The summed E-state index contributed by atoms with van der Waals surface area (Å²) in [6.07, 6.45) is 4.13. The number of hydrogen-bond donors (Lipinski definition) is 0. The van der Waals surface area contributed by atoms with Gasteiger partial charge in [0.05, 0.1) is 6.54 Å². The summed E-state index contributed by atoms with van der Waals surface area (Å²) in [7, 11) is 0. The van der Waals surface area contributed by atoms with Crippen LogP contribution >= 0.6 is 0 Å². The molecule has 0 atom stereocenters. The van der Waals surface area contributed by atoms with Gasteiger partial charge in [0.1, 0.15) is 0 Å². The molecule has 150 valence electrons. The molecule has 0 radical (unpaired) electrons. The first-order chi connectivity index (χ1) is 13.6. The van der Waals surface area contributed by atoms with Crippen LogP contribution in [0, 0.1) is 18.8 Å². The molecule has 1 amide bonds. The van der Waals surface area contributed by atoms with Crippen LogP contribution in [0.25, 0.3) is 11.4 Å². The molecule has 0 N–H and O–H groups in total. The Hall–Kier alpha value is -2.21. The van der Waals surface area contributed by atoms with E-state index in [1.165, 1.54) is 5.56 Å². The Morgan fingerprint density at radius 3 is 2.43 bits per heavy atom. The Morgan fingerprint density at radius 1 is 1.07 bits per heavy atom. The Balaban J connectivity index is 1.28. The number of aromatic nitrogens is 2. The fraction of sp³-hybridized carbons (Fsp3) is 0.591. The highest BCUT2D eigenvalue weighted by Crippen LogP contribution is 2.24. The zero-order chi connectivity index (χ0) is 19.5. The normalized spacial score (nSPS) is 19.9. The highest BCUT2D eigenvalue weighted by atomic mass is 16.5. The van der Waals surface area contributed by atoms with Crippen LogP contribution in [-0.4, -0.2) is 52.0 Å². The Bertz CT molecular complexity index is 785. The predicted molar refractivity (Wildman–Crippen MR) is 107 cm³/mol. The summed E-state index contributed by atoms with van der Waals surface area (Å²) in [6, 6.07) is 8.14. The number of hydrogen-bond acceptors (Lipinski definition) is 5. The molecule has 2 aliphatic heterocycles. The minimum Gasteiger partial charge on any atom is -0.342 e. The second kappa shape index (κ2) is 8.43. The van der Waals surface area contributed by atoms with Crippen LogP contribution in [0.3, 0.4) is 0 Å². The Labute approximate surface area is 166 Å². The molecule has 28 heavy (non-hydrogen) atoms. The number of carbonyl (C=O) groups excluding carboxylic acids is 1. The van der Waals surface area contributed by atoms with E-state index >= 15 is 0 Å². The summed E-state index contributed by atoms with van der Waals surface area (Å²) in [5.41, 5.74) is 2.18. The third kappa shape index (κ3) is 4.43. The van der Waals surface area contributed by atoms with Crippen LogP contribution in [-0.2, 0) is 11.3 Å². The summed E-state index contributed by atoms with van der Waals surface area (Å²) in [4.78, 5) is 21.7. The van der Waals surface area contributed by atoms with Gasteiger partial charge in [-0.2, -0.15) is 4.98 Å². The summed E-state index contributed by atoms with van der Waals surface area (Å²) in [6.45, 7) is 8.68. The molecule has 2 aliphatic rings. The van der Waals surface area contributed by atoms with Gasteiger partial charge < -0.3 is 9.42 Å². The lowest BCUT2D eigenvalue weighted by Gasteiger charge is -2.36. The summed E-state index contributed by atoms with van der Waals surface area (Å²) < 4.78 is 5.45. The molecule has 6 heteroatoms. The SMILES string of the molecule is Cc1ccc(-c2noc(CN3CCC(C(=O)N4CCC(C)CC4)CC3)n2)cc1. The minimum atomic E-state index is 0.176. The van der Waals surface area contributed by atoms with Crippen LogP contribution in [0.4, 0.5) is 0 Å². The molecule has 1 aromatic heterocycles. The van der Waals surface area contributed by atoms with Crippen molar-refractivity contribution in [1.29, 1.82) is 0 Å². The second-order valence-corrected chi connectivity index (χ2v) is 8.44. The van der Waals surface area contributed by atoms with E-state index in [1.807, 2.05) is 12.1 Å². The lowest BCUT2D eigenvalue weighted by molar-refractivity contribution is -0.138. The lowest BCUT2D eigenvalue weighted by atomic mass is 9.93. The third-order valence-electron chi connectivity index (χ3n) is 6.17. The van der Waals surface area contributed by atoms with Crippen LogP contribution < -0.4 is 0 Å². The molecule has 0 aliphatic carbocycles. The van der Waals surface area contributed by atoms with Crippen LogP contribution in [0.5, 0.6) is 0 Å². The molecule has 0 unspecified atom stereocenters. The molecule has 2 aromatic rings. The number of nitrogens with zero attached hydrogens (tertiary/aromatic N) is 4. The van der Waals surface area contributed by atoms with Gasteiger partial charge in [-0.3, -0.25) is 9.69 Å². The predicted octanol–water partition coefficient (Wildman–Crippen LogP) is 3.52. The average molecular weight is 383 g/mol. The number of aryl methyl sites for hydroxylation is 1. The van der Waals surface area contributed by atoms with Crippen molar-refractivity contribution in [1.82, 2.24) is 19.9 Å². The van der Waals surface area contributed by atoms with Gasteiger partial charge in [-0.1, -0.05) is 41.9 Å². The zero-order valence-corrected chi connectivity index (χ0v) is 16.9. The van der Waals surface area contributed by atoms with Gasteiger partial charge in [-0.05, 0) is 51.6 Å². The van der Waals surface area contributed by atoms with Crippen molar-refractivity contribution in [3.05, 3.63) is 35.7 Å². The highest BCUT2D eigenvalue weighted by molar-refractivity contribution is 5.79. The fourth-order valence-corrected chi connectivity index (χ4v) is 4.16. The lowest BCUT2D eigenvalue weighted by Crippen LogP contribution is -2.45. The Morgan fingerprint density at radius 2 is 1.75 bits per heavy atom. The maximum absolute atomic E-state index is 12.8. The van der Waals surface area contributed by atoms with E-state index in [-0.39, 0.29) is 5.92 Å². The number of likely N-dealkylation sites (tertiary alicyclic amines) is 2. The fourth-order valence-electron chi connectivity index (χ4n) is 4.16. The van der Waals surface area contributed by atoms with Gasteiger partial charge >= 0.3 is 0 Å². The largest absolute Gasteiger partial charge is 0.342 e. The van der Waals surface area contributed by atoms with Crippen molar-refractivity contribution in [3.8, 4) is 11.4 Å². The molecule has 3 heterocycles. The van der Waals surface area contributed by atoms with Crippen molar-refractivity contribution >= 4 is 5.91 Å². The van der Waals surface area contributed by atoms with E-state index in [1.54, 1.807) is 0 Å². The van der Waals surface area contributed by atoms with E-state index in [9.17, 15) is 4.79 Å². The Kier molecular flexibility index (Phi) is 5.76. The van der Waals surface area contributed by atoms with Crippen LogP contribution in [0.15, 0.2) is 28.8 Å². The van der Waals surface area contributed by atoms with Gasteiger partial charge in [0.25, 0.3) is 0 Å². The molecule has 0 saturated carbocycles. The van der Waals surface area contributed by atoms with Crippen molar-refractivity contribution in [2.75, 3.05) is 26.2 Å². The number of rotatable bonds is 4. The number of carbonyl (C=O) groups is 1.